The topological polar surface area (TPSA) is 127 Å². The van der Waals surface area contributed by atoms with Gasteiger partial charge in [-0.3, -0.25) is 5.41 Å². The number of hydrogen-bond donors (Lipinski definition) is 5. The second kappa shape index (κ2) is 4.92. The van der Waals surface area contributed by atoms with Crippen LogP contribution in [0.3, 0.4) is 0 Å². The SMILES string of the molecule is N=C(/C(=N/O)NC1Cc2ccc(F)cc21)/C(N)=N\O. The molecule has 1 atom stereocenters. The van der Waals surface area contributed by atoms with Crippen molar-refractivity contribution in [3.63, 3.8) is 0 Å². The summed E-state index contributed by atoms with van der Waals surface area (Å²) < 4.78 is 13.1. The van der Waals surface area contributed by atoms with Gasteiger partial charge in [-0.25, -0.2) is 4.39 Å². The molecule has 0 bridgehead atoms. The number of rotatable bonds is 3. The minimum atomic E-state index is -0.487. The number of halogens is 1. The van der Waals surface area contributed by atoms with E-state index in [2.05, 4.69) is 15.6 Å². The number of hydrogen-bond acceptors (Lipinski definition) is 5. The minimum Gasteiger partial charge on any atom is -0.409 e. The van der Waals surface area contributed by atoms with Gasteiger partial charge in [0.15, 0.2) is 11.7 Å². The maximum absolute atomic E-state index is 13.1. The molecular weight excluding hydrogens is 253 g/mol. The molecule has 1 aliphatic carbocycles. The zero-order valence-corrected chi connectivity index (χ0v) is 9.76. The van der Waals surface area contributed by atoms with Gasteiger partial charge in [0.2, 0.25) is 0 Å². The third-order valence-electron chi connectivity index (χ3n) is 2.92. The predicted molar refractivity (Wildman–Crippen MR) is 66.3 cm³/mol. The Balaban J connectivity index is 2.13. The molecule has 0 aromatic heterocycles. The minimum absolute atomic E-state index is 0.241. The molecule has 19 heavy (non-hydrogen) atoms. The van der Waals surface area contributed by atoms with Crippen molar-refractivity contribution in [2.45, 2.75) is 12.5 Å². The van der Waals surface area contributed by atoms with E-state index in [1.807, 2.05) is 0 Å². The Bertz CT molecular complexity index is 584. The maximum atomic E-state index is 13.1. The predicted octanol–water partition coefficient (Wildman–Crippen LogP) is 0.566. The number of benzene rings is 1. The van der Waals surface area contributed by atoms with E-state index >= 15 is 0 Å². The van der Waals surface area contributed by atoms with Crippen molar-refractivity contribution >= 4 is 17.4 Å². The zero-order valence-electron chi connectivity index (χ0n) is 9.76. The van der Waals surface area contributed by atoms with Crippen LogP contribution in [-0.4, -0.2) is 27.8 Å². The van der Waals surface area contributed by atoms with Crippen molar-refractivity contribution in [2.75, 3.05) is 0 Å². The highest BCUT2D eigenvalue weighted by atomic mass is 19.1. The maximum Gasteiger partial charge on any atom is 0.195 e. The lowest BCUT2D eigenvalue weighted by molar-refractivity contribution is 0.315. The van der Waals surface area contributed by atoms with E-state index in [4.69, 9.17) is 21.6 Å². The van der Waals surface area contributed by atoms with Crippen LogP contribution in [0.2, 0.25) is 0 Å². The van der Waals surface area contributed by atoms with E-state index in [0.29, 0.717) is 6.42 Å². The average Bonchev–Trinajstić information content (AvgIpc) is 2.41. The van der Waals surface area contributed by atoms with Crippen LogP contribution in [0.4, 0.5) is 4.39 Å². The van der Waals surface area contributed by atoms with Crippen LogP contribution in [-0.2, 0) is 6.42 Å². The highest BCUT2D eigenvalue weighted by Crippen LogP contribution is 2.33. The molecule has 1 aromatic carbocycles. The van der Waals surface area contributed by atoms with E-state index in [9.17, 15) is 4.39 Å². The normalized spacial score (nSPS) is 18.5. The van der Waals surface area contributed by atoms with Gasteiger partial charge in [0.25, 0.3) is 0 Å². The third-order valence-corrected chi connectivity index (χ3v) is 2.92. The van der Waals surface area contributed by atoms with Gasteiger partial charge in [-0.05, 0) is 29.7 Å². The van der Waals surface area contributed by atoms with Crippen molar-refractivity contribution in [1.29, 1.82) is 5.41 Å². The Kier molecular flexibility index (Phi) is 3.32. The second-order valence-corrected chi connectivity index (χ2v) is 4.05. The summed E-state index contributed by atoms with van der Waals surface area (Å²) in [5, 5.41) is 33.1. The van der Waals surface area contributed by atoms with Crippen LogP contribution in [0, 0.1) is 11.2 Å². The van der Waals surface area contributed by atoms with Crippen LogP contribution in [0.1, 0.15) is 17.2 Å². The summed E-state index contributed by atoms with van der Waals surface area (Å²) >= 11 is 0. The lowest BCUT2D eigenvalue weighted by Gasteiger charge is -2.31. The van der Waals surface area contributed by atoms with E-state index in [1.54, 1.807) is 6.07 Å². The molecular formula is C11H12FN5O2. The molecule has 1 aliphatic rings. The molecule has 0 heterocycles. The molecule has 0 saturated heterocycles. The molecule has 0 saturated carbocycles. The number of nitrogens with one attached hydrogen (secondary N) is 2. The molecule has 0 spiro atoms. The van der Waals surface area contributed by atoms with Crippen LogP contribution in [0.5, 0.6) is 0 Å². The largest absolute Gasteiger partial charge is 0.409 e. The first-order valence-electron chi connectivity index (χ1n) is 5.40. The van der Waals surface area contributed by atoms with Crippen molar-refractivity contribution in [3.05, 3.63) is 35.1 Å². The van der Waals surface area contributed by atoms with Crippen LogP contribution >= 0.6 is 0 Å². The van der Waals surface area contributed by atoms with E-state index in [-0.39, 0.29) is 17.7 Å². The van der Waals surface area contributed by atoms with Crippen LogP contribution in [0.25, 0.3) is 0 Å². The Hall–Kier alpha value is -2.64. The molecule has 1 unspecified atom stereocenters. The lowest BCUT2D eigenvalue weighted by atomic mass is 9.83. The van der Waals surface area contributed by atoms with E-state index < -0.39 is 11.5 Å². The smallest absolute Gasteiger partial charge is 0.195 e. The summed E-state index contributed by atoms with van der Waals surface area (Å²) in [4.78, 5) is 0. The molecule has 0 radical (unpaired) electrons. The molecule has 0 aliphatic heterocycles. The average molecular weight is 265 g/mol. The van der Waals surface area contributed by atoms with Gasteiger partial charge in [0, 0.05) is 0 Å². The Morgan fingerprint density at radius 2 is 2.16 bits per heavy atom. The third kappa shape index (κ3) is 2.32. The standard InChI is InChI=1S/C11H12FN5O2/c12-6-2-1-5-3-8(7(5)4-6)15-11(17-19)9(13)10(14)16-18/h1-2,4,8,13,18-19H,3H2,(H2,14,16)(H,15,17). The molecule has 100 valence electrons. The first-order chi connectivity index (χ1) is 9.06. The summed E-state index contributed by atoms with van der Waals surface area (Å²) in [7, 11) is 0. The van der Waals surface area contributed by atoms with Gasteiger partial charge < -0.3 is 21.5 Å². The molecule has 2 rings (SSSR count). The van der Waals surface area contributed by atoms with Crippen molar-refractivity contribution in [2.24, 2.45) is 16.0 Å². The molecule has 8 heteroatoms. The molecule has 7 nitrogen and oxygen atoms in total. The van der Waals surface area contributed by atoms with Gasteiger partial charge >= 0.3 is 0 Å². The summed E-state index contributed by atoms with van der Waals surface area (Å²) in [6.45, 7) is 0. The molecule has 6 N–H and O–H groups in total. The Morgan fingerprint density at radius 3 is 2.79 bits per heavy atom. The first kappa shape index (κ1) is 12.8. The Morgan fingerprint density at radius 1 is 1.42 bits per heavy atom. The second-order valence-electron chi connectivity index (χ2n) is 4.05. The first-order valence-corrected chi connectivity index (χ1v) is 5.40. The van der Waals surface area contributed by atoms with Gasteiger partial charge in [0.1, 0.15) is 11.5 Å². The highest BCUT2D eigenvalue weighted by molar-refractivity contribution is 6.66. The van der Waals surface area contributed by atoms with Crippen molar-refractivity contribution in [1.82, 2.24) is 5.32 Å². The van der Waals surface area contributed by atoms with Gasteiger partial charge in [-0.1, -0.05) is 16.4 Å². The molecule has 0 amide bonds. The summed E-state index contributed by atoms with van der Waals surface area (Å²) in [5.41, 5.74) is 6.49. The fourth-order valence-corrected chi connectivity index (χ4v) is 1.89. The monoisotopic (exact) mass is 265 g/mol. The van der Waals surface area contributed by atoms with Gasteiger partial charge in [-0.15, -0.1) is 0 Å². The van der Waals surface area contributed by atoms with Crippen molar-refractivity contribution < 1.29 is 14.8 Å². The fraction of sp³-hybridized carbons (Fsp3) is 0.182. The lowest BCUT2D eigenvalue weighted by Crippen LogP contribution is -2.43. The van der Waals surface area contributed by atoms with Crippen LogP contribution < -0.4 is 11.1 Å². The van der Waals surface area contributed by atoms with Gasteiger partial charge in [-0.2, -0.15) is 0 Å². The van der Waals surface area contributed by atoms with E-state index in [1.165, 1.54) is 12.1 Å². The molecule has 0 fully saturated rings. The number of nitrogens with zero attached hydrogens (tertiary/aromatic N) is 2. The Labute approximate surface area is 107 Å². The van der Waals surface area contributed by atoms with Crippen LogP contribution in [0.15, 0.2) is 28.5 Å². The number of fused-ring (bicyclic) bond motifs is 1. The van der Waals surface area contributed by atoms with Gasteiger partial charge in [0.05, 0.1) is 6.04 Å². The number of oxime groups is 2. The number of nitrogens with two attached hydrogens (primary N) is 1. The summed E-state index contributed by atoms with van der Waals surface area (Å²) in [5.74, 6) is -1.09. The van der Waals surface area contributed by atoms with E-state index in [0.717, 1.165) is 11.1 Å². The summed E-state index contributed by atoms with van der Waals surface area (Å²) in [6.07, 6.45) is 0.609. The number of amidine groups is 2. The fourth-order valence-electron chi connectivity index (χ4n) is 1.89. The van der Waals surface area contributed by atoms with Crippen molar-refractivity contribution in [3.8, 4) is 0 Å². The summed E-state index contributed by atoms with van der Waals surface area (Å²) in [6, 6.07) is 4.14. The highest BCUT2D eigenvalue weighted by Gasteiger charge is 2.29. The zero-order chi connectivity index (χ0) is 14.0. The molecule has 1 aromatic rings. The quantitative estimate of drug-likeness (QED) is 0.237.